The van der Waals surface area contributed by atoms with Gasteiger partial charge in [0.25, 0.3) is 5.82 Å². The van der Waals surface area contributed by atoms with Gasteiger partial charge in [-0.1, -0.05) is 23.8 Å². The van der Waals surface area contributed by atoms with E-state index in [4.69, 9.17) is 0 Å². The molecule has 9 heavy (non-hydrogen) atoms. The van der Waals surface area contributed by atoms with Crippen LogP contribution in [0.25, 0.3) is 0 Å². The Hall–Kier alpha value is -0.990. The number of rotatable bonds is 1. The zero-order valence-electron chi connectivity index (χ0n) is 5.63. The Bertz CT molecular complexity index is 171. The summed E-state index contributed by atoms with van der Waals surface area (Å²) in [6.07, 6.45) is 3.28. The fourth-order valence-electron chi connectivity index (χ4n) is 0.572. The van der Waals surface area contributed by atoms with Crippen molar-refractivity contribution < 1.29 is 4.98 Å². The molecule has 0 aliphatic heterocycles. The van der Waals surface area contributed by atoms with E-state index in [0.29, 0.717) is 5.92 Å². The van der Waals surface area contributed by atoms with Crippen molar-refractivity contribution >= 4 is 0 Å². The Morgan fingerprint density at radius 2 is 1.89 bits per heavy atom. The highest BCUT2D eigenvalue weighted by Gasteiger charge is 2.06. The Labute approximate surface area is 54.2 Å². The Balaban J connectivity index is 2.85. The van der Waals surface area contributed by atoms with Crippen LogP contribution in [-0.2, 0) is 0 Å². The van der Waals surface area contributed by atoms with Gasteiger partial charge in [-0.2, -0.15) is 0 Å². The number of aromatic nitrogens is 3. The molecule has 1 aromatic heterocycles. The van der Waals surface area contributed by atoms with Gasteiger partial charge in [0.15, 0.2) is 0 Å². The molecule has 1 heterocycles. The molecule has 0 amide bonds. The summed E-state index contributed by atoms with van der Waals surface area (Å²) in [4.78, 5) is 10.8. The lowest BCUT2D eigenvalue weighted by Crippen LogP contribution is -2.07. The maximum atomic E-state index is 4.01. The molecule has 48 valence electrons. The minimum atomic E-state index is 0.416. The molecular formula is C6H10N3+. The van der Waals surface area contributed by atoms with Gasteiger partial charge in [0.2, 0.25) is 12.7 Å². The summed E-state index contributed by atoms with van der Waals surface area (Å²) in [6.45, 7) is 4.13. The molecule has 0 saturated carbocycles. The summed E-state index contributed by atoms with van der Waals surface area (Å²) < 4.78 is 0. The maximum absolute atomic E-state index is 4.01. The van der Waals surface area contributed by atoms with E-state index in [1.165, 1.54) is 0 Å². The predicted octanol–water partition coefficient (Wildman–Crippen LogP) is 0.414. The van der Waals surface area contributed by atoms with Crippen LogP contribution in [0.15, 0.2) is 12.7 Å². The van der Waals surface area contributed by atoms with Gasteiger partial charge in [0.1, 0.15) is 0 Å². The highest BCUT2D eigenvalue weighted by molar-refractivity contribution is 4.85. The highest BCUT2D eigenvalue weighted by Crippen LogP contribution is 2.03. The van der Waals surface area contributed by atoms with Gasteiger partial charge in [0.05, 0.1) is 0 Å². The topological polar surface area (TPSA) is 39.9 Å². The number of hydrogen-bond acceptors (Lipinski definition) is 2. The molecule has 0 unspecified atom stereocenters. The number of H-pyrrole nitrogens is 1. The zero-order chi connectivity index (χ0) is 6.69. The van der Waals surface area contributed by atoms with E-state index in [1.807, 2.05) is 0 Å². The minimum Gasteiger partial charge on any atom is -0.253 e. The molecule has 0 aliphatic carbocycles. The molecule has 1 rings (SSSR count). The summed E-state index contributed by atoms with van der Waals surface area (Å²) in [5, 5.41) is 0. The second-order valence-electron chi connectivity index (χ2n) is 2.20. The normalized spacial score (nSPS) is 10.1. The van der Waals surface area contributed by atoms with Crippen molar-refractivity contribution in [1.29, 1.82) is 0 Å². The van der Waals surface area contributed by atoms with Crippen molar-refractivity contribution in [2.75, 3.05) is 0 Å². The average Bonchev–Trinajstić information content (AvgIpc) is 1.90. The molecule has 0 aliphatic rings. The molecule has 0 aromatic carbocycles. The van der Waals surface area contributed by atoms with E-state index in [-0.39, 0.29) is 0 Å². The van der Waals surface area contributed by atoms with Crippen LogP contribution in [0.1, 0.15) is 25.6 Å². The highest BCUT2D eigenvalue weighted by atomic mass is 15.0. The van der Waals surface area contributed by atoms with Gasteiger partial charge in [-0.3, -0.25) is 4.98 Å². The number of hydrogen-bond donors (Lipinski definition) is 0. The summed E-state index contributed by atoms with van der Waals surface area (Å²) >= 11 is 0. The molecule has 0 radical (unpaired) electrons. The first kappa shape index (κ1) is 6.13. The molecule has 1 N–H and O–H groups in total. The van der Waals surface area contributed by atoms with Crippen molar-refractivity contribution in [3.8, 4) is 0 Å². The first-order chi connectivity index (χ1) is 4.30. The molecule has 3 nitrogen and oxygen atoms in total. The smallest absolute Gasteiger partial charge is 0.253 e. The maximum Gasteiger partial charge on any atom is 0.278 e. The van der Waals surface area contributed by atoms with Crippen LogP contribution < -0.4 is 4.98 Å². The SMILES string of the molecule is CC(C)c1nc[nH+]cn1. The molecule has 0 atom stereocenters. The van der Waals surface area contributed by atoms with Gasteiger partial charge < -0.3 is 0 Å². The van der Waals surface area contributed by atoms with Crippen LogP contribution in [0.2, 0.25) is 0 Å². The molecule has 0 saturated heterocycles. The summed E-state index contributed by atoms with van der Waals surface area (Å²) in [6, 6.07) is 0. The first-order valence-electron chi connectivity index (χ1n) is 2.98. The van der Waals surface area contributed by atoms with Crippen LogP contribution in [0, 0.1) is 0 Å². The molecule has 0 fully saturated rings. The van der Waals surface area contributed by atoms with E-state index in [9.17, 15) is 0 Å². The summed E-state index contributed by atoms with van der Waals surface area (Å²) in [5.41, 5.74) is 0. The van der Waals surface area contributed by atoms with Crippen molar-refractivity contribution in [2.24, 2.45) is 0 Å². The van der Waals surface area contributed by atoms with Crippen molar-refractivity contribution in [1.82, 2.24) is 9.97 Å². The second-order valence-corrected chi connectivity index (χ2v) is 2.20. The van der Waals surface area contributed by atoms with E-state index >= 15 is 0 Å². The fourth-order valence-corrected chi connectivity index (χ4v) is 0.572. The van der Waals surface area contributed by atoms with Crippen LogP contribution in [0.5, 0.6) is 0 Å². The van der Waals surface area contributed by atoms with E-state index < -0.39 is 0 Å². The van der Waals surface area contributed by atoms with Gasteiger partial charge in [-0.05, 0) is 0 Å². The largest absolute Gasteiger partial charge is 0.278 e. The van der Waals surface area contributed by atoms with Gasteiger partial charge >= 0.3 is 0 Å². The summed E-state index contributed by atoms with van der Waals surface area (Å²) in [7, 11) is 0. The van der Waals surface area contributed by atoms with E-state index in [2.05, 4.69) is 28.8 Å². The molecule has 3 heteroatoms. The van der Waals surface area contributed by atoms with Gasteiger partial charge in [-0.15, -0.1) is 0 Å². The lowest BCUT2D eigenvalue weighted by Gasteiger charge is -1.90. The van der Waals surface area contributed by atoms with Crippen molar-refractivity contribution in [3.63, 3.8) is 0 Å². The zero-order valence-corrected chi connectivity index (χ0v) is 5.63. The van der Waals surface area contributed by atoms with E-state index in [0.717, 1.165) is 5.82 Å². The third kappa shape index (κ3) is 1.45. The number of aromatic amines is 1. The standard InChI is InChI=1S/C6H9N3/c1-5(2)6-8-3-7-4-9-6/h3-5H,1-2H3/p+1. The quantitative estimate of drug-likeness (QED) is 0.544. The third-order valence-electron chi connectivity index (χ3n) is 1.06. The minimum absolute atomic E-state index is 0.416. The molecular weight excluding hydrogens is 114 g/mol. The average molecular weight is 124 g/mol. The number of nitrogens with zero attached hydrogens (tertiary/aromatic N) is 2. The third-order valence-corrected chi connectivity index (χ3v) is 1.06. The predicted molar refractivity (Wildman–Crippen MR) is 32.7 cm³/mol. The van der Waals surface area contributed by atoms with Crippen molar-refractivity contribution in [3.05, 3.63) is 18.5 Å². The van der Waals surface area contributed by atoms with Crippen LogP contribution in [0.4, 0.5) is 0 Å². The molecule has 0 spiro atoms. The molecule has 1 aromatic rings. The summed E-state index contributed by atoms with van der Waals surface area (Å²) in [5.74, 6) is 1.30. The number of nitrogens with one attached hydrogen (secondary N) is 1. The fraction of sp³-hybridized carbons (Fsp3) is 0.500. The van der Waals surface area contributed by atoms with Gasteiger partial charge in [-0.25, -0.2) is 0 Å². The Kier molecular flexibility index (Phi) is 1.72. The van der Waals surface area contributed by atoms with Crippen LogP contribution in [-0.4, -0.2) is 9.97 Å². The monoisotopic (exact) mass is 124 g/mol. The Morgan fingerprint density at radius 3 is 2.22 bits per heavy atom. The van der Waals surface area contributed by atoms with Crippen LogP contribution in [0.3, 0.4) is 0 Å². The second kappa shape index (κ2) is 2.53. The first-order valence-corrected chi connectivity index (χ1v) is 2.98. The lowest BCUT2D eigenvalue weighted by atomic mass is 10.2. The lowest BCUT2D eigenvalue weighted by molar-refractivity contribution is -0.388. The van der Waals surface area contributed by atoms with Crippen LogP contribution >= 0.6 is 0 Å². The molecule has 0 bridgehead atoms. The van der Waals surface area contributed by atoms with Gasteiger partial charge in [0, 0.05) is 5.92 Å². The Morgan fingerprint density at radius 1 is 1.33 bits per heavy atom. The van der Waals surface area contributed by atoms with E-state index in [1.54, 1.807) is 12.7 Å². The van der Waals surface area contributed by atoms with Crippen molar-refractivity contribution in [2.45, 2.75) is 19.8 Å².